The Balaban J connectivity index is 1.57. The number of hydrogen-bond donors (Lipinski definition) is 2. The van der Waals surface area contributed by atoms with E-state index in [4.69, 9.17) is 4.74 Å². The standard InChI is InChI=1S/C27H30N2O3/c1-4-27(2,3)22-15-17-23(18-16-22)32-19-24(30)28-29-26(31)25(20-11-7-5-8-12-20)21-13-9-6-10-14-21/h5-18,25H,4,19H2,1-3H3,(H,28,30)(H,29,31). The summed E-state index contributed by atoms with van der Waals surface area (Å²) < 4.78 is 5.57. The Kier molecular flexibility index (Phi) is 7.66. The SMILES string of the molecule is CCC(C)(C)c1ccc(OCC(=O)NNC(=O)C(c2ccccc2)c2ccccc2)cc1. The van der Waals surface area contributed by atoms with Crippen molar-refractivity contribution < 1.29 is 14.3 Å². The van der Waals surface area contributed by atoms with Gasteiger partial charge in [0.05, 0.1) is 5.92 Å². The van der Waals surface area contributed by atoms with E-state index in [1.807, 2.05) is 84.9 Å². The first-order valence-corrected chi connectivity index (χ1v) is 10.8. The van der Waals surface area contributed by atoms with E-state index in [-0.39, 0.29) is 17.9 Å². The first kappa shape index (κ1) is 23.1. The molecule has 0 saturated carbocycles. The fourth-order valence-corrected chi connectivity index (χ4v) is 3.38. The van der Waals surface area contributed by atoms with Gasteiger partial charge in [0.15, 0.2) is 6.61 Å². The van der Waals surface area contributed by atoms with Gasteiger partial charge >= 0.3 is 0 Å². The van der Waals surface area contributed by atoms with Crippen LogP contribution < -0.4 is 15.6 Å². The quantitative estimate of drug-likeness (QED) is 0.508. The second-order valence-electron chi connectivity index (χ2n) is 8.34. The van der Waals surface area contributed by atoms with Crippen molar-refractivity contribution in [3.05, 3.63) is 102 Å². The highest BCUT2D eigenvalue weighted by atomic mass is 16.5. The zero-order valence-electron chi connectivity index (χ0n) is 18.8. The van der Waals surface area contributed by atoms with Crippen molar-refractivity contribution in [3.8, 4) is 5.75 Å². The molecule has 0 unspecified atom stereocenters. The summed E-state index contributed by atoms with van der Waals surface area (Å²) in [5.41, 5.74) is 7.99. The van der Waals surface area contributed by atoms with E-state index < -0.39 is 11.8 Å². The molecule has 2 amide bonds. The maximum absolute atomic E-state index is 12.9. The molecular weight excluding hydrogens is 400 g/mol. The van der Waals surface area contributed by atoms with Crippen LogP contribution in [0.4, 0.5) is 0 Å². The Morgan fingerprint density at radius 1 is 0.812 bits per heavy atom. The lowest BCUT2D eigenvalue weighted by molar-refractivity contribution is -0.130. The van der Waals surface area contributed by atoms with Crippen LogP contribution in [0.25, 0.3) is 0 Å². The van der Waals surface area contributed by atoms with Gasteiger partial charge in [0.25, 0.3) is 5.91 Å². The minimum Gasteiger partial charge on any atom is -0.484 e. The number of amides is 2. The summed E-state index contributed by atoms with van der Waals surface area (Å²) in [4.78, 5) is 25.2. The second-order valence-corrected chi connectivity index (χ2v) is 8.34. The van der Waals surface area contributed by atoms with Crippen molar-refractivity contribution in [2.75, 3.05) is 6.61 Å². The number of ether oxygens (including phenoxy) is 1. The lowest BCUT2D eigenvalue weighted by Crippen LogP contribution is -2.46. The molecule has 0 aromatic heterocycles. The number of hydrazine groups is 1. The summed E-state index contributed by atoms with van der Waals surface area (Å²) in [6.45, 7) is 6.34. The van der Waals surface area contributed by atoms with Crippen LogP contribution in [0.5, 0.6) is 5.75 Å². The zero-order valence-corrected chi connectivity index (χ0v) is 18.8. The Bertz CT molecular complexity index is 976. The third-order valence-corrected chi connectivity index (χ3v) is 5.74. The van der Waals surface area contributed by atoms with Gasteiger partial charge in [-0.15, -0.1) is 0 Å². The molecule has 0 bridgehead atoms. The highest BCUT2D eigenvalue weighted by molar-refractivity contribution is 5.89. The number of nitrogens with one attached hydrogen (secondary N) is 2. The van der Waals surface area contributed by atoms with Crippen LogP contribution in [0.2, 0.25) is 0 Å². The molecule has 3 aromatic carbocycles. The van der Waals surface area contributed by atoms with Crippen molar-refractivity contribution in [2.45, 2.75) is 38.5 Å². The van der Waals surface area contributed by atoms with Crippen LogP contribution in [0.1, 0.15) is 49.8 Å². The van der Waals surface area contributed by atoms with Crippen LogP contribution >= 0.6 is 0 Å². The summed E-state index contributed by atoms with van der Waals surface area (Å²) in [5, 5.41) is 0. The zero-order chi connectivity index (χ0) is 23.0. The second kappa shape index (κ2) is 10.6. The number of hydrogen-bond acceptors (Lipinski definition) is 3. The van der Waals surface area contributed by atoms with E-state index in [0.717, 1.165) is 17.5 Å². The van der Waals surface area contributed by atoms with Crippen LogP contribution in [0.15, 0.2) is 84.9 Å². The predicted molar refractivity (Wildman–Crippen MR) is 126 cm³/mol. The van der Waals surface area contributed by atoms with Gasteiger partial charge in [0.2, 0.25) is 5.91 Å². The van der Waals surface area contributed by atoms with Gasteiger partial charge in [-0.25, -0.2) is 0 Å². The van der Waals surface area contributed by atoms with Crippen LogP contribution in [-0.2, 0) is 15.0 Å². The fourth-order valence-electron chi connectivity index (χ4n) is 3.38. The maximum Gasteiger partial charge on any atom is 0.276 e. The topological polar surface area (TPSA) is 67.4 Å². The van der Waals surface area contributed by atoms with Crippen LogP contribution in [-0.4, -0.2) is 18.4 Å². The molecule has 5 heteroatoms. The van der Waals surface area contributed by atoms with Crippen molar-refractivity contribution in [2.24, 2.45) is 0 Å². The molecule has 3 aromatic rings. The van der Waals surface area contributed by atoms with E-state index in [0.29, 0.717) is 5.75 Å². The van der Waals surface area contributed by atoms with Gasteiger partial charge in [0, 0.05) is 0 Å². The molecule has 0 saturated heterocycles. The minimum absolute atomic E-state index is 0.0915. The predicted octanol–water partition coefficient (Wildman–Crippen LogP) is 4.73. The molecular formula is C27H30N2O3. The smallest absolute Gasteiger partial charge is 0.276 e. The molecule has 0 aliphatic carbocycles. The summed E-state index contributed by atoms with van der Waals surface area (Å²) in [5.74, 6) is -0.681. The van der Waals surface area contributed by atoms with Crippen molar-refractivity contribution in [1.82, 2.24) is 10.9 Å². The third-order valence-electron chi connectivity index (χ3n) is 5.74. The van der Waals surface area contributed by atoms with Crippen molar-refractivity contribution in [1.29, 1.82) is 0 Å². The average Bonchev–Trinajstić information content (AvgIpc) is 2.83. The van der Waals surface area contributed by atoms with E-state index in [2.05, 4.69) is 31.6 Å². The highest BCUT2D eigenvalue weighted by Gasteiger charge is 2.23. The number of carbonyl (C=O) groups is 2. The number of rotatable bonds is 8. The Morgan fingerprint density at radius 3 is 1.84 bits per heavy atom. The Hall–Kier alpha value is -3.60. The highest BCUT2D eigenvalue weighted by Crippen LogP contribution is 2.28. The Morgan fingerprint density at radius 2 is 1.34 bits per heavy atom. The van der Waals surface area contributed by atoms with Crippen LogP contribution in [0, 0.1) is 0 Å². The molecule has 166 valence electrons. The summed E-state index contributed by atoms with van der Waals surface area (Å²) >= 11 is 0. The normalized spacial score (nSPS) is 11.1. The monoisotopic (exact) mass is 430 g/mol. The first-order valence-electron chi connectivity index (χ1n) is 10.8. The maximum atomic E-state index is 12.9. The van der Waals surface area contributed by atoms with Gasteiger partial charge in [-0.2, -0.15) is 0 Å². The van der Waals surface area contributed by atoms with E-state index in [9.17, 15) is 9.59 Å². The molecule has 3 rings (SSSR count). The number of benzene rings is 3. The molecule has 2 N–H and O–H groups in total. The lowest BCUT2D eigenvalue weighted by Gasteiger charge is -2.23. The van der Waals surface area contributed by atoms with E-state index >= 15 is 0 Å². The number of carbonyl (C=O) groups excluding carboxylic acids is 2. The average molecular weight is 431 g/mol. The van der Waals surface area contributed by atoms with E-state index in [1.54, 1.807) is 0 Å². The van der Waals surface area contributed by atoms with Gasteiger partial charge in [-0.3, -0.25) is 20.4 Å². The molecule has 0 heterocycles. The van der Waals surface area contributed by atoms with Gasteiger partial charge in [-0.1, -0.05) is 93.6 Å². The molecule has 0 fully saturated rings. The molecule has 0 spiro atoms. The van der Waals surface area contributed by atoms with Crippen molar-refractivity contribution >= 4 is 11.8 Å². The molecule has 32 heavy (non-hydrogen) atoms. The minimum atomic E-state index is -0.534. The Labute approximate surface area is 189 Å². The first-order chi connectivity index (χ1) is 15.4. The largest absolute Gasteiger partial charge is 0.484 e. The molecule has 0 radical (unpaired) electrons. The van der Waals surface area contributed by atoms with Gasteiger partial charge in [-0.05, 0) is 40.7 Å². The van der Waals surface area contributed by atoms with Gasteiger partial charge in [0.1, 0.15) is 5.75 Å². The molecule has 0 atom stereocenters. The molecule has 5 nitrogen and oxygen atoms in total. The van der Waals surface area contributed by atoms with Crippen molar-refractivity contribution in [3.63, 3.8) is 0 Å². The lowest BCUT2D eigenvalue weighted by atomic mass is 9.82. The van der Waals surface area contributed by atoms with Crippen LogP contribution in [0.3, 0.4) is 0 Å². The summed E-state index contributed by atoms with van der Waals surface area (Å²) in [6.07, 6.45) is 1.03. The molecule has 0 aliphatic heterocycles. The molecule has 0 aliphatic rings. The summed E-state index contributed by atoms with van der Waals surface area (Å²) in [7, 11) is 0. The van der Waals surface area contributed by atoms with Gasteiger partial charge < -0.3 is 4.74 Å². The summed E-state index contributed by atoms with van der Waals surface area (Å²) in [6, 6.07) is 26.7. The van der Waals surface area contributed by atoms with E-state index in [1.165, 1.54) is 5.56 Å². The third kappa shape index (κ3) is 5.97. The fraction of sp³-hybridized carbons (Fsp3) is 0.259.